The van der Waals surface area contributed by atoms with Crippen LogP contribution in [-0.4, -0.2) is 44.2 Å². The molecule has 5 heteroatoms. The summed E-state index contributed by atoms with van der Waals surface area (Å²) >= 11 is 3.51. The molecule has 0 amide bonds. The van der Waals surface area contributed by atoms with Crippen molar-refractivity contribution in [2.75, 3.05) is 33.3 Å². The van der Waals surface area contributed by atoms with Gasteiger partial charge in [-0.05, 0) is 63.1 Å². The number of hydrogen-bond acceptors (Lipinski definition) is 4. The number of methoxy groups -OCH3 is 1. The van der Waals surface area contributed by atoms with Crippen molar-refractivity contribution >= 4 is 21.9 Å². The fourth-order valence-electron chi connectivity index (χ4n) is 2.59. The van der Waals surface area contributed by atoms with Gasteiger partial charge in [-0.25, -0.2) is 4.79 Å². The van der Waals surface area contributed by atoms with Crippen molar-refractivity contribution in [2.45, 2.75) is 25.8 Å². The lowest BCUT2D eigenvalue weighted by Gasteiger charge is -2.14. The Kier molecular flexibility index (Phi) is 6.67. The molecule has 116 valence electrons. The molecule has 0 spiro atoms. The van der Waals surface area contributed by atoms with Crippen LogP contribution in [0, 0.1) is 0 Å². The minimum absolute atomic E-state index is 0.305. The van der Waals surface area contributed by atoms with Gasteiger partial charge in [0, 0.05) is 11.0 Å². The molecule has 0 bridgehead atoms. The molecule has 0 saturated carbocycles. The molecule has 1 N–H and O–H groups in total. The highest BCUT2D eigenvalue weighted by atomic mass is 79.9. The number of carbonyl (C=O) groups is 1. The predicted octanol–water partition coefficient (Wildman–Crippen LogP) is 2.81. The maximum atomic E-state index is 11.4. The molecule has 2 rings (SSSR count). The topological polar surface area (TPSA) is 41.6 Å². The number of ether oxygens (including phenoxy) is 1. The maximum Gasteiger partial charge on any atom is 0.337 e. The van der Waals surface area contributed by atoms with E-state index in [-0.39, 0.29) is 5.97 Å². The molecule has 1 aliphatic heterocycles. The zero-order valence-electron chi connectivity index (χ0n) is 12.5. The molecule has 1 saturated heterocycles. The van der Waals surface area contributed by atoms with E-state index in [0.29, 0.717) is 5.56 Å². The fraction of sp³-hybridized carbons (Fsp3) is 0.562. The molecule has 1 aromatic rings. The molecule has 0 atom stereocenters. The molecule has 4 nitrogen and oxygen atoms in total. The molecular weight excluding hydrogens is 332 g/mol. The van der Waals surface area contributed by atoms with E-state index in [1.807, 2.05) is 12.1 Å². The van der Waals surface area contributed by atoms with E-state index in [2.05, 4.69) is 26.1 Å². The molecule has 1 aromatic carbocycles. The van der Waals surface area contributed by atoms with Gasteiger partial charge in [0.2, 0.25) is 0 Å². The van der Waals surface area contributed by atoms with Crippen LogP contribution in [-0.2, 0) is 11.3 Å². The fourth-order valence-corrected chi connectivity index (χ4v) is 3.11. The Morgan fingerprint density at radius 1 is 1.38 bits per heavy atom. The standard InChI is InChI=1S/C16H23BrN2O2/c1-21-16(20)13-5-6-14(15(17)11-13)12-18-7-4-10-19-8-2-3-9-19/h5-6,11,18H,2-4,7-10,12H2,1H3. The summed E-state index contributed by atoms with van der Waals surface area (Å²) < 4.78 is 5.65. The zero-order chi connectivity index (χ0) is 15.1. The number of benzene rings is 1. The minimum Gasteiger partial charge on any atom is -0.465 e. The quantitative estimate of drug-likeness (QED) is 0.603. The van der Waals surface area contributed by atoms with Gasteiger partial charge in [0.25, 0.3) is 0 Å². The van der Waals surface area contributed by atoms with E-state index in [4.69, 9.17) is 4.74 Å². The summed E-state index contributed by atoms with van der Waals surface area (Å²) in [7, 11) is 1.39. The summed E-state index contributed by atoms with van der Waals surface area (Å²) in [5.74, 6) is -0.305. The van der Waals surface area contributed by atoms with Crippen molar-refractivity contribution in [3.8, 4) is 0 Å². The monoisotopic (exact) mass is 354 g/mol. The summed E-state index contributed by atoms with van der Waals surface area (Å²) in [4.78, 5) is 14.0. The summed E-state index contributed by atoms with van der Waals surface area (Å²) in [6, 6.07) is 5.58. The minimum atomic E-state index is -0.305. The lowest BCUT2D eigenvalue weighted by molar-refractivity contribution is 0.0600. The first-order valence-corrected chi connectivity index (χ1v) is 8.30. The first-order chi connectivity index (χ1) is 10.2. The average molecular weight is 355 g/mol. The number of rotatable bonds is 7. The third kappa shape index (κ3) is 5.09. The number of likely N-dealkylation sites (tertiary alicyclic amines) is 1. The maximum absolute atomic E-state index is 11.4. The predicted molar refractivity (Wildman–Crippen MR) is 87.5 cm³/mol. The summed E-state index contributed by atoms with van der Waals surface area (Å²) in [6.45, 7) is 5.54. The number of nitrogens with zero attached hydrogens (tertiary/aromatic N) is 1. The van der Waals surface area contributed by atoms with Gasteiger partial charge in [-0.1, -0.05) is 22.0 Å². The van der Waals surface area contributed by atoms with Crippen molar-refractivity contribution < 1.29 is 9.53 Å². The van der Waals surface area contributed by atoms with Crippen LogP contribution in [0.2, 0.25) is 0 Å². The van der Waals surface area contributed by atoms with Gasteiger partial charge >= 0.3 is 5.97 Å². The third-order valence-corrected chi connectivity index (χ3v) is 4.55. The van der Waals surface area contributed by atoms with E-state index in [1.165, 1.54) is 46.0 Å². The highest BCUT2D eigenvalue weighted by molar-refractivity contribution is 9.10. The second-order valence-corrected chi connectivity index (χ2v) is 6.23. The SMILES string of the molecule is COC(=O)c1ccc(CNCCCN2CCCC2)c(Br)c1. The number of carbonyl (C=O) groups excluding carboxylic acids is 1. The second-order valence-electron chi connectivity index (χ2n) is 5.38. The van der Waals surface area contributed by atoms with Gasteiger partial charge < -0.3 is 15.0 Å². The van der Waals surface area contributed by atoms with Gasteiger partial charge in [-0.3, -0.25) is 0 Å². The van der Waals surface area contributed by atoms with Crippen LogP contribution in [0.1, 0.15) is 35.2 Å². The number of halogens is 1. The Balaban J connectivity index is 1.71. The summed E-state index contributed by atoms with van der Waals surface area (Å²) in [5.41, 5.74) is 1.73. The third-order valence-electron chi connectivity index (χ3n) is 3.82. The number of esters is 1. The summed E-state index contributed by atoms with van der Waals surface area (Å²) in [5, 5.41) is 3.46. The Bertz CT molecular complexity index is 473. The van der Waals surface area contributed by atoms with Gasteiger partial charge in [0.15, 0.2) is 0 Å². The van der Waals surface area contributed by atoms with Crippen LogP contribution in [0.4, 0.5) is 0 Å². The van der Waals surface area contributed by atoms with Gasteiger partial charge in [-0.15, -0.1) is 0 Å². The normalized spacial score (nSPS) is 15.3. The van der Waals surface area contributed by atoms with Crippen LogP contribution >= 0.6 is 15.9 Å². The lowest BCUT2D eigenvalue weighted by atomic mass is 10.1. The van der Waals surface area contributed by atoms with Gasteiger partial charge in [0.1, 0.15) is 0 Å². The highest BCUT2D eigenvalue weighted by Gasteiger charge is 2.10. The van der Waals surface area contributed by atoms with Crippen molar-refractivity contribution in [1.29, 1.82) is 0 Å². The average Bonchev–Trinajstić information content (AvgIpc) is 3.00. The Labute approximate surface area is 135 Å². The van der Waals surface area contributed by atoms with Crippen LogP contribution in [0.5, 0.6) is 0 Å². The molecule has 0 radical (unpaired) electrons. The van der Waals surface area contributed by atoms with E-state index < -0.39 is 0 Å². The molecule has 0 aliphatic carbocycles. The van der Waals surface area contributed by atoms with E-state index in [0.717, 1.165) is 23.1 Å². The van der Waals surface area contributed by atoms with Crippen LogP contribution < -0.4 is 5.32 Å². The van der Waals surface area contributed by atoms with Gasteiger partial charge in [0.05, 0.1) is 12.7 Å². The lowest BCUT2D eigenvalue weighted by Crippen LogP contribution is -2.24. The first kappa shape index (κ1) is 16.5. The Hall–Kier alpha value is -0.910. The molecule has 0 aromatic heterocycles. The van der Waals surface area contributed by atoms with Crippen molar-refractivity contribution in [1.82, 2.24) is 10.2 Å². The first-order valence-electron chi connectivity index (χ1n) is 7.50. The molecule has 1 fully saturated rings. The Morgan fingerprint density at radius 2 is 2.14 bits per heavy atom. The number of hydrogen-bond donors (Lipinski definition) is 1. The zero-order valence-corrected chi connectivity index (χ0v) is 14.1. The van der Waals surface area contributed by atoms with E-state index in [1.54, 1.807) is 6.07 Å². The number of nitrogens with one attached hydrogen (secondary N) is 1. The molecule has 21 heavy (non-hydrogen) atoms. The van der Waals surface area contributed by atoms with E-state index >= 15 is 0 Å². The largest absolute Gasteiger partial charge is 0.465 e. The molecular formula is C16H23BrN2O2. The molecule has 1 aliphatic rings. The van der Waals surface area contributed by atoms with Crippen LogP contribution in [0.25, 0.3) is 0 Å². The Morgan fingerprint density at radius 3 is 2.81 bits per heavy atom. The van der Waals surface area contributed by atoms with Crippen molar-refractivity contribution in [3.63, 3.8) is 0 Å². The highest BCUT2D eigenvalue weighted by Crippen LogP contribution is 2.19. The van der Waals surface area contributed by atoms with Crippen molar-refractivity contribution in [3.05, 3.63) is 33.8 Å². The molecule has 1 heterocycles. The van der Waals surface area contributed by atoms with Gasteiger partial charge in [-0.2, -0.15) is 0 Å². The van der Waals surface area contributed by atoms with Crippen molar-refractivity contribution in [2.24, 2.45) is 0 Å². The molecule has 0 unspecified atom stereocenters. The van der Waals surface area contributed by atoms with E-state index in [9.17, 15) is 4.79 Å². The van der Waals surface area contributed by atoms with Crippen LogP contribution in [0.3, 0.4) is 0 Å². The smallest absolute Gasteiger partial charge is 0.337 e. The second kappa shape index (κ2) is 8.51. The van der Waals surface area contributed by atoms with Crippen LogP contribution in [0.15, 0.2) is 22.7 Å². The summed E-state index contributed by atoms with van der Waals surface area (Å²) in [6.07, 6.45) is 3.89.